The third kappa shape index (κ3) is 4.49. The molecule has 2 atom stereocenters. The molecule has 3 N–H and O–H groups in total. The number of carbonyl (C=O) groups excluding carboxylic acids is 1. The van der Waals surface area contributed by atoms with Crippen LogP contribution in [0.4, 0.5) is 0 Å². The van der Waals surface area contributed by atoms with E-state index in [0.717, 1.165) is 19.3 Å². The van der Waals surface area contributed by atoms with Gasteiger partial charge in [0.05, 0.1) is 0 Å². The van der Waals surface area contributed by atoms with Crippen LogP contribution in [0.3, 0.4) is 0 Å². The van der Waals surface area contributed by atoms with E-state index >= 15 is 0 Å². The topological polar surface area (TPSA) is 83.6 Å². The quantitative estimate of drug-likeness (QED) is 0.733. The number of amides is 1. The van der Waals surface area contributed by atoms with E-state index in [-0.39, 0.29) is 24.3 Å². The number of rotatable bonds is 7. The summed E-state index contributed by atoms with van der Waals surface area (Å²) in [7, 11) is 0. The maximum absolute atomic E-state index is 12.6. The Kier molecular flexibility index (Phi) is 6.28. The highest BCUT2D eigenvalue weighted by molar-refractivity contribution is 5.79. The number of hydrogen-bond acceptors (Lipinski definition) is 3. The molecule has 1 aliphatic rings. The zero-order valence-corrected chi connectivity index (χ0v) is 12.0. The Hall–Kier alpha value is -1.10. The lowest BCUT2D eigenvalue weighted by molar-refractivity contribution is -0.140. The summed E-state index contributed by atoms with van der Waals surface area (Å²) >= 11 is 0. The van der Waals surface area contributed by atoms with E-state index in [4.69, 9.17) is 10.8 Å². The first-order valence-electron chi connectivity index (χ1n) is 7.19. The maximum atomic E-state index is 12.6. The van der Waals surface area contributed by atoms with Crippen LogP contribution < -0.4 is 5.73 Å². The molecule has 5 nitrogen and oxygen atoms in total. The number of aliphatic carboxylic acids is 1. The van der Waals surface area contributed by atoms with E-state index in [1.807, 2.05) is 18.7 Å². The molecule has 1 fully saturated rings. The summed E-state index contributed by atoms with van der Waals surface area (Å²) < 4.78 is 0. The van der Waals surface area contributed by atoms with Gasteiger partial charge in [-0.3, -0.25) is 9.59 Å². The molecule has 0 bridgehead atoms. The van der Waals surface area contributed by atoms with Gasteiger partial charge in [-0.15, -0.1) is 0 Å². The summed E-state index contributed by atoms with van der Waals surface area (Å²) in [6.45, 7) is 5.05. The van der Waals surface area contributed by atoms with Crippen LogP contribution in [-0.4, -0.2) is 41.0 Å². The van der Waals surface area contributed by atoms with Crippen molar-refractivity contribution in [3.05, 3.63) is 0 Å². The highest BCUT2D eigenvalue weighted by Gasteiger charge is 2.35. The molecule has 5 heteroatoms. The Morgan fingerprint density at radius 2 is 2.05 bits per heavy atom. The van der Waals surface area contributed by atoms with Crippen LogP contribution in [0.1, 0.15) is 46.0 Å². The van der Waals surface area contributed by atoms with E-state index in [1.165, 1.54) is 0 Å². The fraction of sp³-hybridized carbons (Fsp3) is 0.857. The van der Waals surface area contributed by atoms with Crippen LogP contribution in [0.15, 0.2) is 0 Å². The first-order chi connectivity index (χ1) is 8.97. The van der Waals surface area contributed by atoms with Gasteiger partial charge in [0.15, 0.2) is 0 Å². The summed E-state index contributed by atoms with van der Waals surface area (Å²) in [6.07, 6.45) is 3.65. The average Bonchev–Trinajstić information content (AvgIpc) is 2.81. The lowest BCUT2D eigenvalue weighted by Crippen LogP contribution is -2.43. The van der Waals surface area contributed by atoms with Crippen molar-refractivity contribution in [1.29, 1.82) is 0 Å². The van der Waals surface area contributed by atoms with Crippen molar-refractivity contribution in [2.24, 2.45) is 17.6 Å². The second-order valence-corrected chi connectivity index (χ2v) is 5.66. The molecule has 0 aliphatic heterocycles. The molecule has 19 heavy (non-hydrogen) atoms. The SMILES string of the molecule is CC(C)N(CCCC(=O)O)C(=O)C1CCCC1CN. The fourth-order valence-electron chi connectivity index (χ4n) is 2.88. The summed E-state index contributed by atoms with van der Waals surface area (Å²) in [5, 5.41) is 8.68. The second kappa shape index (κ2) is 7.48. The minimum absolute atomic E-state index is 0.0391. The van der Waals surface area contributed by atoms with Crippen molar-refractivity contribution in [3.63, 3.8) is 0 Å². The highest BCUT2D eigenvalue weighted by atomic mass is 16.4. The Morgan fingerprint density at radius 1 is 1.37 bits per heavy atom. The standard InChI is InChI=1S/C14H26N2O3/c1-10(2)16(8-4-7-13(17)18)14(19)12-6-3-5-11(12)9-15/h10-12H,3-9,15H2,1-2H3,(H,17,18). The van der Waals surface area contributed by atoms with Gasteiger partial charge in [-0.25, -0.2) is 0 Å². The molecule has 0 aromatic rings. The van der Waals surface area contributed by atoms with Gasteiger partial charge in [0.25, 0.3) is 0 Å². The Balaban J connectivity index is 2.59. The molecule has 0 aromatic heterocycles. The van der Waals surface area contributed by atoms with E-state index in [1.54, 1.807) is 0 Å². The van der Waals surface area contributed by atoms with Gasteiger partial charge in [-0.05, 0) is 45.6 Å². The monoisotopic (exact) mass is 270 g/mol. The summed E-state index contributed by atoms with van der Waals surface area (Å²) in [4.78, 5) is 24.9. The molecule has 0 aromatic carbocycles. The van der Waals surface area contributed by atoms with Gasteiger partial charge in [0.1, 0.15) is 0 Å². The van der Waals surface area contributed by atoms with E-state index < -0.39 is 5.97 Å². The van der Waals surface area contributed by atoms with Crippen LogP contribution in [0.25, 0.3) is 0 Å². The summed E-state index contributed by atoms with van der Waals surface area (Å²) in [5.74, 6) is -0.310. The van der Waals surface area contributed by atoms with Crippen LogP contribution in [0, 0.1) is 11.8 Å². The molecule has 0 radical (unpaired) electrons. The van der Waals surface area contributed by atoms with Crippen LogP contribution in [0.5, 0.6) is 0 Å². The molecule has 0 heterocycles. The number of nitrogens with two attached hydrogens (primary N) is 1. The Labute approximate surface area is 115 Å². The van der Waals surface area contributed by atoms with E-state index in [9.17, 15) is 9.59 Å². The Morgan fingerprint density at radius 3 is 2.58 bits per heavy atom. The molecule has 1 amide bonds. The zero-order valence-electron chi connectivity index (χ0n) is 12.0. The minimum Gasteiger partial charge on any atom is -0.481 e. The van der Waals surface area contributed by atoms with Crippen molar-refractivity contribution < 1.29 is 14.7 Å². The third-order valence-corrected chi connectivity index (χ3v) is 3.98. The lowest BCUT2D eigenvalue weighted by atomic mass is 9.94. The van der Waals surface area contributed by atoms with Crippen molar-refractivity contribution in [3.8, 4) is 0 Å². The molecule has 1 rings (SSSR count). The third-order valence-electron chi connectivity index (χ3n) is 3.98. The van der Waals surface area contributed by atoms with Gasteiger partial charge in [-0.2, -0.15) is 0 Å². The first-order valence-corrected chi connectivity index (χ1v) is 7.19. The minimum atomic E-state index is -0.808. The number of carboxylic acids is 1. The average molecular weight is 270 g/mol. The van der Waals surface area contributed by atoms with E-state index in [2.05, 4.69) is 0 Å². The summed E-state index contributed by atoms with van der Waals surface area (Å²) in [6, 6.07) is 0.111. The number of nitrogens with zero attached hydrogens (tertiary/aromatic N) is 1. The van der Waals surface area contributed by atoms with Crippen molar-refractivity contribution in [1.82, 2.24) is 4.90 Å². The van der Waals surface area contributed by atoms with Gasteiger partial charge in [0.2, 0.25) is 5.91 Å². The van der Waals surface area contributed by atoms with Crippen LogP contribution in [-0.2, 0) is 9.59 Å². The van der Waals surface area contributed by atoms with Gasteiger partial charge in [0, 0.05) is 24.9 Å². The van der Waals surface area contributed by atoms with Crippen molar-refractivity contribution >= 4 is 11.9 Å². The van der Waals surface area contributed by atoms with Crippen LogP contribution >= 0.6 is 0 Å². The number of carbonyl (C=O) groups is 2. The predicted molar refractivity (Wildman–Crippen MR) is 73.6 cm³/mol. The molecule has 0 saturated heterocycles. The molecule has 1 saturated carbocycles. The zero-order chi connectivity index (χ0) is 14.4. The summed E-state index contributed by atoms with van der Waals surface area (Å²) in [5.41, 5.74) is 5.73. The molecular weight excluding hydrogens is 244 g/mol. The maximum Gasteiger partial charge on any atom is 0.303 e. The first kappa shape index (κ1) is 16.0. The lowest BCUT2D eigenvalue weighted by Gasteiger charge is -2.31. The van der Waals surface area contributed by atoms with Crippen molar-refractivity contribution in [2.75, 3.05) is 13.1 Å². The molecular formula is C14H26N2O3. The molecule has 110 valence electrons. The van der Waals surface area contributed by atoms with Gasteiger partial charge in [-0.1, -0.05) is 6.42 Å². The highest BCUT2D eigenvalue weighted by Crippen LogP contribution is 2.32. The largest absolute Gasteiger partial charge is 0.481 e. The van der Waals surface area contributed by atoms with Gasteiger partial charge >= 0.3 is 5.97 Å². The predicted octanol–water partition coefficient (Wildman–Crippen LogP) is 1.46. The Bertz CT molecular complexity index is 318. The van der Waals surface area contributed by atoms with Gasteiger partial charge < -0.3 is 15.7 Å². The second-order valence-electron chi connectivity index (χ2n) is 5.66. The van der Waals surface area contributed by atoms with Crippen LogP contribution in [0.2, 0.25) is 0 Å². The van der Waals surface area contributed by atoms with Crippen molar-refractivity contribution in [2.45, 2.75) is 52.0 Å². The number of hydrogen-bond donors (Lipinski definition) is 2. The fourth-order valence-corrected chi connectivity index (χ4v) is 2.88. The normalized spacial score (nSPS) is 22.7. The molecule has 0 spiro atoms. The number of carboxylic acid groups (broad SMARTS) is 1. The smallest absolute Gasteiger partial charge is 0.303 e. The molecule has 2 unspecified atom stereocenters. The van der Waals surface area contributed by atoms with E-state index in [0.29, 0.717) is 25.4 Å². The molecule has 1 aliphatic carbocycles.